The zero-order chi connectivity index (χ0) is 19.2. The summed E-state index contributed by atoms with van der Waals surface area (Å²) in [4.78, 5) is 27.7. The second kappa shape index (κ2) is 8.66. The molecule has 0 aliphatic rings. The molecule has 0 saturated carbocycles. The molecule has 138 valence electrons. The van der Waals surface area contributed by atoms with Gasteiger partial charge in [-0.15, -0.1) is 11.3 Å². The maximum Gasteiger partial charge on any atom is 0.319 e. The molecule has 2 amide bonds. The number of halogens is 1. The number of rotatable bonds is 6. The van der Waals surface area contributed by atoms with Crippen LogP contribution in [0.2, 0.25) is 5.02 Å². The van der Waals surface area contributed by atoms with Crippen LogP contribution in [0.25, 0.3) is 0 Å². The third-order valence-electron chi connectivity index (χ3n) is 3.61. The molecule has 1 heterocycles. The van der Waals surface area contributed by atoms with Gasteiger partial charge in [0.1, 0.15) is 0 Å². The van der Waals surface area contributed by atoms with E-state index in [9.17, 15) is 9.59 Å². The van der Waals surface area contributed by atoms with Gasteiger partial charge in [0.05, 0.1) is 12.2 Å². The van der Waals surface area contributed by atoms with Crippen molar-refractivity contribution < 1.29 is 9.59 Å². The highest BCUT2D eigenvalue weighted by molar-refractivity contribution is 7.13. The molecule has 6 nitrogen and oxygen atoms in total. The van der Waals surface area contributed by atoms with Crippen molar-refractivity contribution in [3.8, 4) is 0 Å². The molecular weight excluding hydrogens is 384 g/mol. The van der Waals surface area contributed by atoms with Gasteiger partial charge in [0.15, 0.2) is 10.9 Å². The maximum absolute atomic E-state index is 11.9. The topological polar surface area (TPSA) is 83.1 Å². The van der Waals surface area contributed by atoms with Crippen LogP contribution in [0.4, 0.5) is 21.3 Å². The summed E-state index contributed by atoms with van der Waals surface area (Å²) in [6, 6.07) is 13.8. The van der Waals surface area contributed by atoms with Gasteiger partial charge in [0.25, 0.3) is 0 Å². The molecule has 0 fully saturated rings. The van der Waals surface area contributed by atoms with Crippen molar-refractivity contribution in [1.82, 2.24) is 10.3 Å². The van der Waals surface area contributed by atoms with Crippen molar-refractivity contribution >= 4 is 51.3 Å². The monoisotopic (exact) mass is 400 g/mol. The van der Waals surface area contributed by atoms with Crippen LogP contribution in [0.5, 0.6) is 0 Å². The van der Waals surface area contributed by atoms with Crippen LogP contribution in [0.3, 0.4) is 0 Å². The number of urea groups is 1. The molecule has 8 heteroatoms. The van der Waals surface area contributed by atoms with Crippen molar-refractivity contribution in [2.45, 2.75) is 13.5 Å². The van der Waals surface area contributed by atoms with Gasteiger partial charge in [-0.2, -0.15) is 0 Å². The Kier molecular flexibility index (Phi) is 6.05. The van der Waals surface area contributed by atoms with Crippen LogP contribution in [-0.4, -0.2) is 16.8 Å². The summed E-state index contributed by atoms with van der Waals surface area (Å²) in [5.74, 6) is 0.0280. The number of carbonyl (C=O) groups excluding carboxylic acids is 2. The maximum atomic E-state index is 11.9. The van der Waals surface area contributed by atoms with Gasteiger partial charge in [0.2, 0.25) is 0 Å². The van der Waals surface area contributed by atoms with E-state index in [1.807, 2.05) is 17.5 Å². The van der Waals surface area contributed by atoms with Gasteiger partial charge in [-0.3, -0.25) is 4.79 Å². The number of amides is 2. The van der Waals surface area contributed by atoms with Crippen LogP contribution >= 0.6 is 22.9 Å². The van der Waals surface area contributed by atoms with Gasteiger partial charge in [-0.25, -0.2) is 9.78 Å². The van der Waals surface area contributed by atoms with Crippen LogP contribution in [0.15, 0.2) is 53.9 Å². The standard InChI is InChI=1S/C19H17ClN4O2S/c1-12(25)13-5-7-15(8-6-13)23-19-24-17(11-27-19)10-21-18(26)22-16-4-2-3-14(20)9-16/h2-9,11H,10H2,1H3,(H,23,24)(H2,21,22,26). The second-order valence-corrected chi connectivity index (χ2v) is 7.02. The fourth-order valence-electron chi connectivity index (χ4n) is 2.27. The minimum absolute atomic E-state index is 0.0280. The predicted octanol–water partition coefficient (Wildman–Crippen LogP) is 5.06. The number of thiazole rings is 1. The molecule has 0 aliphatic heterocycles. The largest absolute Gasteiger partial charge is 0.332 e. The summed E-state index contributed by atoms with van der Waals surface area (Å²) in [5, 5.41) is 11.8. The smallest absolute Gasteiger partial charge is 0.319 e. The van der Waals surface area contributed by atoms with Gasteiger partial charge < -0.3 is 16.0 Å². The van der Waals surface area contributed by atoms with Crippen LogP contribution in [0, 0.1) is 0 Å². The Balaban J connectivity index is 1.51. The van der Waals surface area contributed by atoms with Crippen LogP contribution in [-0.2, 0) is 6.54 Å². The first-order valence-corrected chi connectivity index (χ1v) is 9.38. The third-order valence-corrected chi connectivity index (χ3v) is 4.65. The molecule has 1 aromatic heterocycles. The third kappa shape index (κ3) is 5.54. The molecular formula is C19H17ClN4O2S. The lowest BCUT2D eigenvalue weighted by Gasteiger charge is -2.06. The molecule has 27 heavy (non-hydrogen) atoms. The van der Waals surface area contributed by atoms with E-state index in [1.165, 1.54) is 18.3 Å². The average Bonchev–Trinajstić information content (AvgIpc) is 3.08. The minimum atomic E-state index is -0.334. The number of nitrogens with one attached hydrogen (secondary N) is 3. The van der Waals surface area contributed by atoms with Gasteiger partial charge in [-0.05, 0) is 49.4 Å². The molecule has 0 spiro atoms. The predicted molar refractivity (Wildman–Crippen MR) is 109 cm³/mol. The normalized spacial score (nSPS) is 10.3. The van der Waals surface area contributed by atoms with Gasteiger partial charge in [0, 0.05) is 27.3 Å². The summed E-state index contributed by atoms with van der Waals surface area (Å²) >= 11 is 7.32. The SMILES string of the molecule is CC(=O)c1ccc(Nc2nc(CNC(=O)Nc3cccc(Cl)c3)cs2)cc1. The van der Waals surface area contributed by atoms with Crippen molar-refractivity contribution in [2.75, 3.05) is 10.6 Å². The fraction of sp³-hybridized carbons (Fsp3) is 0.105. The Labute approximate surface area is 165 Å². The Hall–Kier alpha value is -2.90. The van der Waals surface area contributed by atoms with E-state index >= 15 is 0 Å². The summed E-state index contributed by atoms with van der Waals surface area (Å²) in [7, 11) is 0. The zero-order valence-electron chi connectivity index (χ0n) is 14.5. The van der Waals surface area contributed by atoms with Crippen LogP contribution in [0.1, 0.15) is 23.0 Å². The molecule has 3 N–H and O–H groups in total. The molecule has 0 bridgehead atoms. The van der Waals surface area contributed by atoms with Crippen molar-refractivity contribution in [3.63, 3.8) is 0 Å². The average molecular weight is 401 g/mol. The van der Waals surface area contributed by atoms with Gasteiger partial charge in [-0.1, -0.05) is 17.7 Å². The summed E-state index contributed by atoms with van der Waals surface area (Å²) in [6.45, 7) is 1.83. The highest BCUT2D eigenvalue weighted by atomic mass is 35.5. The number of hydrogen-bond acceptors (Lipinski definition) is 5. The van der Waals surface area contributed by atoms with Gasteiger partial charge >= 0.3 is 6.03 Å². The van der Waals surface area contributed by atoms with Crippen molar-refractivity contribution in [3.05, 3.63) is 70.2 Å². The molecule has 3 rings (SSSR count). The van der Waals surface area contributed by atoms with Crippen molar-refractivity contribution in [1.29, 1.82) is 0 Å². The highest BCUT2D eigenvalue weighted by Crippen LogP contribution is 2.21. The Morgan fingerprint density at radius 1 is 1.11 bits per heavy atom. The zero-order valence-corrected chi connectivity index (χ0v) is 16.0. The number of carbonyl (C=O) groups is 2. The summed E-state index contributed by atoms with van der Waals surface area (Å²) in [6.07, 6.45) is 0. The van der Waals surface area contributed by atoms with E-state index in [1.54, 1.807) is 36.4 Å². The quantitative estimate of drug-likeness (QED) is 0.505. The summed E-state index contributed by atoms with van der Waals surface area (Å²) in [5.41, 5.74) is 2.86. The molecule has 0 unspecified atom stereocenters. The number of aromatic nitrogens is 1. The van der Waals surface area contributed by atoms with E-state index in [2.05, 4.69) is 20.9 Å². The second-order valence-electron chi connectivity index (χ2n) is 5.72. The molecule has 0 saturated heterocycles. The highest BCUT2D eigenvalue weighted by Gasteiger charge is 2.06. The van der Waals surface area contributed by atoms with E-state index in [-0.39, 0.29) is 11.8 Å². The number of nitrogens with zero attached hydrogens (tertiary/aromatic N) is 1. The molecule has 3 aromatic rings. The Morgan fingerprint density at radius 2 is 1.89 bits per heavy atom. The minimum Gasteiger partial charge on any atom is -0.332 e. The molecule has 2 aromatic carbocycles. The number of hydrogen-bond donors (Lipinski definition) is 3. The van der Waals surface area contributed by atoms with E-state index in [0.29, 0.717) is 27.9 Å². The first-order chi connectivity index (χ1) is 13.0. The van der Waals surface area contributed by atoms with E-state index in [4.69, 9.17) is 11.6 Å². The lowest BCUT2D eigenvalue weighted by atomic mass is 10.1. The Morgan fingerprint density at radius 3 is 2.59 bits per heavy atom. The molecule has 0 radical (unpaired) electrons. The first kappa shape index (κ1) is 18.9. The number of ketones is 1. The van der Waals surface area contributed by atoms with E-state index in [0.717, 1.165) is 11.4 Å². The Bertz CT molecular complexity index is 956. The lowest BCUT2D eigenvalue weighted by molar-refractivity contribution is 0.101. The fourth-order valence-corrected chi connectivity index (χ4v) is 3.19. The number of anilines is 3. The van der Waals surface area contributed by atoms with Crippen molar-refractivity contribution in [2.24, 2.45) is 0 Å². The lowest BCUT2D eigenvalue weighted by Crippen LogP contribution is -2.28. The molecule has 0 aliphatic carbocycles. The van der Waals surface area contributed by atoms with Crippen LogP contribution < -0.4 is 16.0 Å². The number of benzene rings is 2. The van der Waals surface area contributed by atoms with E-state index < -0.39 is 0 Å². The molecule has 0 atom stereocenters. The number of Topliss-reactive ketones (excluding diaryl/α,β-unsaturated/α-hetero) is 1. The first-order valence-electron chi connectivity index (χ1n) is 8.12. The summed E-state index contributed by atoms with van der Waals surface area (Å²) < 4.78 is 0.